The highest BCUT2D eigenvalue weighted by molar-refractivity contribution is 5.93. The van der Waals surface area contributed by atoms with Crippen LogP contribution in [0, 0.1) is 0 Å². The van der Waals surface area contributed by atoms with E-state index in [9.17, 15) is 9.59 Å². The number of amides is 1. The van der Waals surface area contributed by atoms with Crippen LogP contribution < -0.4 is 5.32 Å². The molecule has 132 valence electrons. The molecule has 1 saturated heterocycles. The monoisotopic (exact) mass is 335 g/mol. The molecule has 0 radical (unpaired) electrons. The fourth-order valence-electron chi connectivity index (χ4n) is 3.20. The Morgan fingerprint density at radius 1 is 1.46 bits per heavy atom. The minimum absolute atomic E-state index is 0.145. The van der Waals surface area contributed by atoms with Gasteiger partial charge < -0.3 is 15.2 Å². The van der Waals surface area contributed by atoms with Gasteiger partial charge in [0.15, 0.2) is 0 Å². The van der Waals surface area contributed by atoms with Crippen LogP contribution >= 0.6 is 0 Å². The lowest BCUT2D eigenvalue weighted by Crippen LogP contribution is -2.50. The van der Waals surface area contributed by atoms with Gasteiger partial charge in [0.25, 0.3) is 5.91 Å². The predicted molar refractivity (Wildman–Crippen MR) is 87.1 cm³/mol. The maximum Gasteiger partial charge on any atom is 0.305 e. The third-order valence-corrected chi connectivity index (χ3v) is 4.57. The summed E-state index contributed by atoms with van der Waals surface area (Å²) in [5.41, 5.74) is 0.394. The van der Waals surface area contributed by atoms with Crippen molar-refractivity contribution in [1.82, 2.24) is 15.1 Å². The number of nitrogens with zero attached hydrogens (tertiary/aromatic N) is 2. The van der Waals surface area contributed by atoms with Crippen LogP contribution in [0.15, 0.2) is 6.07 Å². The third kappa shape index (κ3) is 3.45. The van der Waals surface area contributed by atoms with Crippen LogP contribution in [0.5, 0.6) is 0 Å². The van der Waals surface area contributed by atoms with E-state index in [2.05, 4.69) is 31.2 Å². The first-order chi connectivity index (χ1) is 11.2. The molecule has 1 atom stereocenters. The molecule has 24 heavy (non-hydrogen) atoms. The second-order valence-corrected chi connectivity index (χ2v) is 7.92. The van der Waals surface area contributed by atoms with Gasteiger partial charge in [-0.15, -0.1) is 0 Å². The summed E-state index contributed by atoms with van der Waals surface area (Å²) < 4.78 is 7.25. The van der Waals surface area contributed by atoms with Gasteiger partial charge in [-0.1, -0.05) is 0 Å². The van der Waals surface area contributed by atoms with E-state index in [4.69, 9.17) is 9.84 Å². The molecule has 1 saturated carbocycles. The van der Waals surface area contributed by atoms with Crippen LogP contribution in [-0.4, -0.2) is 45.5 Å². The van der Waals surface area contributed by atoms with Crippen molar-refractivity contribution in [1.29, 1.82) is 0 Å². The number of nitrogens with one attached hydrogen (secondary N) is 1. The summed E-state index contributed by atoms with van der Waals surface area (Å²) in [6.45, 7) is 6.86. The Hall–Kier alpha value is -1.89. The molecule has 7 nitrogen and oxygen atoms in total. The molecule has 1 aromatic heterocycles. The number of aromatic nitrogens is 2. The Kier molecular flexibility index (Phi) is 4.15. The molecule has 3 rings (SSSR count). The molecule has 0 aromatic carbocycles. The Morgan fingerprint density at radius 2 is 2.17 bits per heavy atom. The third-order valence-electron chi connectivity index (χ3n) is 4.57. The van der Waals surface area contributed by atoms with Crippen molar-refractivity contribution in [3.63, 3.8) is 0 Å². The Balaban J connectivity index is 1.83. The van der Waals surface area contributed by atoms with E-state index < -0.39 is 11.5 Å². The van der Waals surface area contributed by atoms with E-state index >= 15 is 0 Å². The molecule has 0 spiro atoms. The maximum atomic E-state index is 12.7. The lowest BCUT2D eigenvalue weighted by Gasteiger charge is -2.26. The van der Waals surface area contributed by atoms with Gasteiger partial charge in [0.05, 0.1) is 24.1 Å². The summed E-state index contributed by atoms with van der Waals surface area (Å²) in [7, 11) is 0. The summed E-state index contributed by atoms with van der Waals surface area (Å²) in [6, 6.07) is 1.85. The summed E-state index contributed by atoms with van der Waals surface area (Å²) in [5, 5.41) is 16.5. The molecule has 2 fully saturated rings. The van der Waals surface area contributed by atoms with Gasteiger partial charge in [0, 0.05) is 18.2 Å². The molecule has 1 unspecified atom stereocenters. The molecule has 1 aliphatic heterocycles. The Labute approximate surface area is 141 Å². The van der Waals surface area contributed by atoms with Crippen molar-refractivity contribution in [2.75, 3.05) is 13.2 Å². The standard InChI is InChI=1S/C17H25N3O4/c1-16(2,3)20-13(11-4-5-11)8-12(19-20)15(23)18-17(9-14(21)22)6-7-24-10-17/h8,11H,4-7,9-10H2,1-3H3,(H,18,23)(H,21,22). The van der Waals surface area contributed by atoms with Gasteiger partial charge in [0.1, 0.15) is 5.69 Å². The minimum atomic E-state index is -0.945. The largest absolute Gasteiger partial charge is 0.481 e. The molecular weight excluding hydrogens is 310 g/mol. The number of ether oxygens (including phenoxy) is 1. The molecule has 1 aliphatic carbocycles. The second-order valence-electron chi connectivity index (χ2n) is 7.92. The minimum Gasteiger partial charge on any atom is -0.481 e. The quantitative estimate of drug-likeness (QED) is 0.857. The SMILES string of the molecule is CC(C)(C)n1nc(C(=O)NC2(CC(=O)O)CCOC2)cc1C1CC1. The first kappa shape index (κ1) is 17.0. The average molecular weight is 335 g/mol. The number of hydrogen-bond donors (Lipinski definition) is 2. The zero-order chi connectivity index (χ0) is 17.5. The fourth-order valence-corrected chi connectivity index (χ4v) is 3.20. The molecule has 2 heterocycles. The van der Waals surface area contributed by atoms with Crippen molar-refractivity contribution >= 4 is 11.9 Å². The molecule has 2 aliphatic rings. The highest BCUT2D eigenvalue weighted by Gasteiger charge is 2.40. The number of carboxylic acid groups (broad SMARTS) is 1. The number of aliphatic carboxylic acids is 1. The number of rotatable bonds is 5. The normalized spacial score (nSPS) is 24.1. The fraction of sp³-hybridized carbons (Fsp3) is 0.706. The van der Waals surface area contributed by atoms with Crippen molar-refractivity contribution in [3.8, 4) is 0 Å². The van der Waals surface area contributed by atoms with Crippen molar-refractivity contribution in [3.05, 3.63) is 17.5 Å². The summed E-state index contributed by atoms with van der Waals surface area (Å²) in [6.07, 6.45) is 2.61. The van der Waals surface area contributed by atoms with Crippen LogP contribution in [0.2, 0.25) is 0 Å². The zero-order valence-corrected chi connectivity index (χ0v) is 14.5. The van der Waals surface area contributed by atoms with Crippen LogP contribution in [0.25, 0.3) is 0 Å². The zero-order valence-electron chi connectivity index (χ0n) is 14.5. The van der Waals surface area contributed by atoms with Gasteiger partial charge in [-0.25, -0.2) is 0 Å². The molecule has 7 heteroatoms. The molecule has 2 N–H and O–H groups in total. The van der Waals surface area contributed by atoms with E-state index in [1.54, 1.807) is 0 Å². The lowest BCUT2D eigenvalue weighted by atomic mass is 9.94. The lowest BCUT2D eigenvalue weighted by molar-refractivity contribution is -0.138. The number of hydrogen-bond acceptors (Lipinski definition) is 4. The highest BCUT2D eigenvalue weighted by atomic mass is 16.5. The van der Waals surface area contributed by atoms with E-state index in [1.165, 1.54) is 0 Å². The van der Waals surface area contributed by atoms with Crippen LogP contribution in [0.3, 0.4) is 0 Å². The summed E-state index contributed by atoms with van der Waals surface area (Å²) in [4.78, 5) is 23.8. The Bertz CT molecular complexity index is 649. The van der Waals surface area contributed by atoms with Gasteiger partial charge in [0.2, 0.25) is 0 Å². The van der Waals surface area contributed by atoms with Crippen molar-refractivity contribution in [2.45, 2.75) is 63.5 Å². The van der Waals surface area contributed by atoms with E-state index in [1.807, 2.05) is 10.7 Å². The predicted octanol–water partition coefficient (Wildman–Crippen LogP) is 1.88. The number of carbonyl (C=O) groups excluding carboxylic acids is 1. The number of carbonyl (C=O) groups is 2. The van der Waals surface area contributed by atoms with Crippen LogP contribution in [0.4, 0.5) is 0 Å². The van der Waals surface area contributed by atoms with Gasteiger partial charge >= 0.3 is 5.97 Å². The van der Waals surface area contributed by atoms with Gasteiger partial charge in [-0.3, -0.25) is 14.3 Å². The smallest absolute Gasteiger partial charge is 0.305 e. The van der Waals surface area contributed by atoms with E-state index in [-0.39, 0.29) is 24.5 Å². The highest BCUT2D eigenvalue weighted by Crippen LogP contribution is 2.41. The average Bonchev–Trinajstić information content (AvgIpc) is 3.03. The number of carboxylic acids is 1. The first-order valence-corrected chi connectivity index (χ1v) is 8.43. The van der Waals surface area contributed by atoms with Crippen LogP contribution in [0.1, 0.15) is 68.6 Å². The molecule has 1 amide bonds. The Morgan fingerprint density at radius 3 is 2.67 bits per heavy atom. The summed E-state index contributed by atoms with van der Waals surface area (Å²) in [5.74, 6) is -0.799. The molecule has 0 bridgehead atoms. The van der Waals surface area contributed by atoms with Gasteiger partial charge in [-0.05, 0) is 46.1 Å². The van der Waals surface area contributed by atoms with Gasteiger partial charge in [-0.2, -0.15) is 5.10 Å². The maximum absolute atomic E-state index is 12.7. The van der Waals surface area contributed by atoms with Crippen molar-refractivity contribution < 1.29 is 19.4 Å². The molecular formula is C17H25N3O4. The van der Waals surface area contributed by atoms with Crippen LogP contribution in [-0.2, 0) is 15.1 Å². The van der Waals surface area contributed by atoms with Crippen molar-refractivity contribution in [2.24, 2.45) is 0 Å². The second kappa shape index (κ2) is 5.88. The molecule has 1 aromatic rings. The topological polar surface area (TPSA) is 93.5 Å². The van der Waals surface area contributed by atoms with E-state index in [0.717, 1.165) is 18.5 Å². The van der Waals surface area contributed by atoms with E-state index in [0.29, 0.717) is 24.6 Å². The summed E-state index contributed by atoms with van der Waals surface area (Å²) >= 11 is 0. The first-order valence-electron chi connectivity index (χ1n) is 8.43.